The molecule has 0 aliphatic carbocycles. The molecule has 0 atom stereocenters. The van der Waals surface area contributed by atoms with Crippen LogP contribution in [0.2, 0.25) is 0 Å². The van der Waals surface area contributed by atoms with Gasteiger partial charge in [0.05, 0.1) is 25.5 Å². The number of methoxy groups -OCH3 is 1. The lowest BCUT2D eigenvalue weighted by molar-refractivity contribution is -0.132. The molecule has 0 rings (SSSR count). The fraction of sp³-hybridized carbons (Fsp3) is 0.818. The zero-order valence-corrected chi connectivity index (χ0v) is 9.82. The van der Waals surface area contributed by atoms with Crippen LogP contribution in [-0.4, -0.2) is 37.6 Å². The van der Waals surface area contributed by atoms with Gasteiger partial charge in [0.1, 0.15) is 0 Å². The number of rotatable bonds is 7. The molecular weight excluding hydrogens is 192 g/mol. The molecule has 15 heavy (non-hydrogen) atoms. The summed E-state index contributed by atoms with van der Waals surface area (Å²) in [6.45, 7) is 5.80. The highest BCUT2D eigenvalue weighted by Gasteiger charge is 2.13. The molecule has 0 bridgehead atoms. The molecule has 0 unspecified atom stereocenters. The Hall–Kier alpha value is -1.08. The molecule has 0 spiro atoms. The van der Waals surface area contributed by atoms with Gasteiger partial charge in [-0.3, -0.25) is 4.79 Å². The van der Waals surface area contributed by atoms with Crippen molar-refractivity contribution < 1.29 is 9.53 Å². The highest BCUT2D eigenvalue weighted by Crippen LogP contribution is 2.02. The summed E-state index contributed by atoms with van der Waals surface area (Å²) in [7, 11) is 1.58. The van der Waals surface area contributed by atoms with Gasteiger partial charge >= 0.3 is 0 Å². The summed E-state index contributed by atoms with van der Waals surface area (Å²) >= 11 is 0. The van der Waals surface area contributed by atoms with Crippen LogP contribution in [0.25, 0.3) is 0 Å². The number of carbonyl (C=O) groups is 1. The van der Waals surface area contributed by atoms with Crippen LogP contribution in [0.15, 0.2) is 0 Å². The van der Waals surface area contributed by atoms with Crippen molar-refractivity contribution in [2.75, 3.05) is 26.8 Å². The van der Waals surface area contributed by atoms with E-state index in [2.05, 4.69) is 19.9 Å². The largest absolute Gasteiger partial charge is 0.384 e. The Bertz CT molecular complexity index is 221. The Morgan fingerprint density at radius 3 is 2.67 bits per heavy atom. The van der Waals surface area contributed by atoms with Crippen LogP contribution in [0, 0.1) is 17.2 Å². The van der Waals surface area contributed by atoms with Crippen molar-refractivity contribution in [3.8, 4) is 6.07 Å². The van der Waals surface area contributed by atoms with E-state index < -0.39 is 0 Å². The average Bonchev–Trinajstić information content (AvgIpc) is 2.20. The molecule has 4 heteroatoms. The zero-order valence-electron chi connectivity index (χ0n) is 9.82. The predicted octanol–water partition coefficient (Wildman–Crippen LogP) is 1.42. The van der Waals surface area contributed by atoms with E-state index in [1.807, 2.05) is 0 Å². The molecule has 86 valence electrons. The van der Waals surface area contributed by atoms with Crippen molar-refractivity contribution >= 4 is 5.91 Å². The van der Waals surface area contributed by atoms with E-state index in [0.29, 0.717) is 38.5 Å². The van der Waals surface area contributed by atoms with Crippen LogP contribution in [0.1, 0.15) is 26.7 Å². The van der Waals surface area contributed by atoms with Crippen LogP contribution in [0.5, 0.6) is 0 Å². The standard InChI is InChI=1S/C11H20N2O2/c1-10(2)9-13(7-4-6-12)11(14)5-8-15-3/h10H,4-5,7-9H2,1-3H3. The van der Waals surface area contributed by atoms with Crippen molar-refractivity contribution in [2.24, 2.45) is 5.92 Å². The van der Waals surface area contributed by atoms with E-state index in [1.165, 1.54) is 0 Å². The number of carbonyl (C=O) groups excluding carboxylic acids is 1. The predicted molar refractivity (Wildman–Crippen MR) is 58.1 cm³/mol. The van der Waals surface area contributed by atoms with Crippen LogP contribution >= 0.6 is 0 Å². The maximum absolute atomic E-state index is 11.7. The van der Waals surface area contributed by atoms with Crippen LogP contribution in [-0.2, 0) is 9.53 Å². The summed E-state index contributed by atoms with van der Waals surface area (Å²) in [5.41, 5.74) is 0. The van der Waals surface area contributed by atoms with E-state index in [-0.39, 0.29) is 5.91 Å². The highest BCUT2D eigenvalue weighted by molar-refractivity contribution is 5.76. The normalized spacial score (nSPS) is 10.1. The molecule has 0 aliphatic rings. The number of hydrogen-bond acceptors (Lipinski definition) is 3. The van der Waals surface area contributed by atoms with Gasteiger partial charge in [-0.1, -0.05) is 13.8 Å². The van der Waals surface area contributed by atoms with Crippen LogP contribution < -0.4 is 0 Å². The van der Waals surface area contributed by atoms with Crippen LogP contribution in [0.3, 0.4) is 0 Å². The van der Waals surface area contributed by atoms with Crippen LogP contribution in [0.4, 0.5) is 0 Å². The van der Waals surface area contributed by atoms with E-state index in [0.717, 1.165) is 0 Å². The molecule has 0 aromatic rings. The molecule has 0 radical (unpaired) electrons. The zero-order chi connectivity index (χ0) is 11.7. The number of amides is 1. The lowest BCUT2D eigenvalue weighted by Gasteiger charge is -2.23. The van der Waals surface area contributed by atoms with E-state index in [4.69, 9.17) is 10.00 Å². The lowest BCUT2D eigenvalue weighted by atomic mass is 10.2. The summed E-state index contributed by atoms with van der Waals surface area (Å²) in [4.78, 5) is 13.4. The molecule has 1 amide bonds. The smallest absolute Gasteiger partial charge is 0.224 e. The molecule has 4 nitrogen and oxygen atoms in total. The van der Waals surface area contributed by atoms with Gasteiger partial charge in [-0.2, -0.15) is 5.26 Å². The Balaban J connectivity index is 4.09. The highest BCUT2D eigenvalue weighted by atomic mass is 16.5. The third-order valence-corrected chi connectivity index (χ3v) is 1.95. The van der Waals surface area contributed by atoms with Gasteiger partial charge < -0.3 is 9.64 Å². The third kappa shape index (κ3) is 6.92. The minimum absolute atomic E-state index is 0.0702. The molecule has 0 saturated carbocycles. The van der Waals surface area contributed by atoms with E-state index >= 15 is 0 Å². The molecule has 0 aromatic heterocycles. The Kier molecular flexibility index (Phi) is 7.65. The van der Waals surface area contributed by atoms with Crippen molar-refractivity contribution in [1.82, 2.24) is 4.90 Å². The van der Waals surface area contributed by atoms with Crippen molar-refractivity contribution in [3.63, 3.8) is 0 Å². The molecule has 0 N–H and O–H groups in total. The van der Waals surface area contributed by atoms with Crippen molar-refractivity contribution in [3.05, 3.63) is 0 Å². The van der Waals surface area contributed by atoms with Gasteiger partial charge in [0.15, 0.2) is 0 Å². The fourth-order valence-corrected chi connectivity index (χ4v) is 1.29. The Morgan fingerprint density at radius 1 is 1.53 bits per heavy atom. The molecule has 0 aliphatic heterocycles. The Morgan fingerprint density at radius 2 is 2.20 bits per heavy atom. The van der Waals surface area contributed by atoms with Gasteiger partial charge in [0, 0.05) is 20.2 Å². The summed E-state index contributed by atoms with van der Waals surface area (Å²) in [6, 6.07) is 2.06. The minimum Gasteiger partial charge on any atom is -0.384 e. The monoisotopic (exact) mass is 212 g/mol. The SMILES string of the molecule is COCCC(=O)N(CCC#N)CC(C)C. The molecular formula is C11H20N2O2. The summed E-state index contributed by atoms with van der Waals surface area (Å²) in [6.07, 6.45) is 0.792. The summed E-state index contributed by atoms with van der Waals surface area (Å²) in [5, 5.41) is 8.49. The number of nitrogens with zero attached hydrogens (tertiary/aromatic N) is 2. The average molecular weight is 212 g/mol. The first-order valence-corrected chi connectivity index (χ1v) is 5.25. The van der Waals surface area contributed by atoms with Crippen molar-refractivity contribution in [2.45, 2.75) is 26.7 Å². The molecule has 0 fully saturated rings. The Labute approximate surface area is 91.8 Å². The van der Waals surface area contributed by atoms with Gasteiger partial charge in [0.2, 0.25) is 5.91 Å². The second-order valence-electron chi connectivity index (χ2n) is 3.88. The lowest BCUT2D eigenvalue weighted by Crippen LogP contribution is -2.35. The minimum atomic E-state index is 0.0702. The third-order valence-electron chi connectivity index (χ3n) is 1.95. The summed E-state index contributed by atoms with van der Waals surface area (Å²) < 4.78 is 4.86. The topological polar surface area (TPSA) is 53.3 Å². The fourth-order valence-electron chi connectivity index (χ4n) is 1.29. The number of nitriles is 1. The molecule has 0 saturated heterocycles. The van der Waals surface area contributed by atoms with Gasteiger partial charge in [-0.15, -0.1) is 0 Å². The quantitative estimate of drug-likeness (QED) is 0.641. The van der Waals surface area contributed by atoms with Gasteiger partial charge in [-0.25, -0.2) is 0 Å². The number of ether oxygens (including phenoxy) is 1. The first-order chi connectivity index (χ1) is 7.11. The second kappa shape index (κ2) is 8.25. The first kappa shape index (κ1) is 13.9. The first-order valence-electron chi connectivity index (χ1n) is 5.25. The van der Waals surface area contributed by atoms with Gasteiger partial charge in [-0.05, 0) is 5.92 Å². The van der Waals surface area contributed by atoms with E-state index in [9.17, 15) is 4.79 Å². The maximum Gasteiger partial charge on any atom is 0.224 e. The van der Waals surface area contributed by atoms with E-state index in [1.54, 1.807) is 12.0 Å². The molecule has 0 aromatic carbocycles. The maximum atomic E-state index is 11.7. The summed E-state index contributed by atoms with van der Waals surface area (Å²) in [5.74, 6) is 0.496. The molecule has 0 heterocycles. The second-order valence-corrected chi connectivity index (χ2v) is 3.88. The van der Waals surface area contributed by atoms with Crippen molar-refractivity contribution in [1.29, 1.82) is 5.26 Å². The van der Waals surface area contributed by atoms with Gasteiger partial charge in [0.25, 0.3) is 0 Å². The number of hydrogen-bond donors (Lipinski definition) is 0.